The van der Waals surface area contributed by atoms with E-state index < -0.39 is 24.4 Å². The van der Waals surface area contributed by atoms with E-state index in [0.29, 0.717) is 12.1 Å². The van der Waals surface area contributed by atoms with Crippen LogP contribution in [0.3, 0.4) is 0 Å². The van der Waals surface area contributed by atoms with Gasteiger partial charge in [0.05, 0.1) is 12.6 Å². The van der Waals surface area contributed by atoms with Gasteiger partial charge in [-0.25, -0.2) is 0 Å². The summed E-state index contributed by atoms with van der Waals surface area (Å²) in [5.41, 5.74) is 1.34. The van der Waals surface area contributed by atoms with Crippen LogP contribution in [0.2, 0.25) is 0 Å². The molecule has 1 unspecified atom stereocenters. The highest BCUT2D eigenvalue weighted by Crippen LogP contribution is 2.20. The third kappa shape index (κ3) is 3.46. The van der Waals surface area contributed by atoms with Crippen molar-refractivity contribution in [3.05, 3.63) is 46.0 Å². The maximum atomic E-state index is 9.94. The van der Waals surface area contributed by atoms with E-state index in [-0.39, 0.29) is 6.61 Å². The lowest BCUT2D eigenvalue weighted by Gasteiger charge is -2.34. The molecule has 1 aliphatic carbocycles. The summed E-state index contributed by atoms with van der Waals surface area (Å²) < 4.78 is 0.986. The van der Waals surface area contributed by atoms with Crippen LogP contribution in [0.5, 0.6) is 0 Å². The average molecular weight is 344 g/mol. The lowest BCUT2D eigenvalue weighted by atomic mass is 9.88. The number of hydrogen-bond acceptors (Lipinski definition) is 5. The third-order valence-electron chi connectivity index (χ3n) is 3.45. The lowest BCUT2D eigenvalue weighted by Crippen LogP contribution is -2.53. The molecule has 1 aromatic rings. The Bertz CT molecular complexity index is 477. The standard InChI is InChI=1S/C14H18BrNO4/c15-10-3-1-8(2-4-10)6-16-11-5-9(7-17)12(18)14(20)13(11)19/h1-5,11-14,16-20H,6-7H2/t11-,12+,13-,14?/m0/s1. The number of aliphatic hydroxyl groups is 4. The molecule has 0 fully saturated rings. The van der Waals surface area contributed by atoms with Gasteiger partial charge in [0, 0.05) is 11.0 Å². The van der Waals surface area contributed by atoms with Crippen LogP contribution in [-0.2, 0) is 6.54 Å². The summed E-state index contributed by atoms with van der Waals surface area (Å²) in [6, 6.07) is 7.20. The number of hydrogen-bond donors (Lipinski definition) is 5. The highest BCUT2D eigenvalue weighted by Gasteiger charge is 2.36. The Morgan fingerprint density at radius 2 is 1.70 bits per heavy atom. The van der Waals surface area contributed by atoms with E-state index in [1.807, 2.05) is 24.3 Å². The van der Waals surface area contributed by atoms with E-state index in [2.05, 4.69) is 21.2 Å². The first-order valence-corrected chi connectivity index (χ1v) is 7.15. The van der Waals surface area contributed by atoms with E-state index >= 15 is 0 Å². The fourth-order valence-corrected chi connectivity index (χ4v) is 2.47. The summed E-state index contributed by atoms with van der Waals surface area (Å²) >= 11 is 3.36. The molecular formula is C14H18BrNO4. The maximum Gasteiger partial charge on any atom is 0.111 e. The Balaban J connectivity index is 2.04. The molecule has 0 aliphatic heterocycles. The molecule has 1 aliphatic rings. The second-order valence-corrected chi connectivity index (χ2v) is 5.77. The molecule has 0 radical (unpaired) electrons. The molecule has 0 saturated carbocycles. The van der Waals surface area contributed by atoms with Gasteiger partial charge in [-0.05, 0) is 23.3 Å². The van der Waals surface area contributed by atoms with Crippen LogP contribution in [0.25, 0.3) is 0 Å². The van der Waals surface area contributed by atoms with Gasteiger partial charge in [-0.2, -0.15) is 0 Å². The fraction of sp³-hybridized carbons (Fsp3) is 0.429. The SMILES string of the molecule is OCC1=C[C@H](NCc2ccc(Br)cc2)[C@H](O)C(O)[C@@H]1O. The molecule has 20 heavy (non-hydrogen) atoms. The smallest absolute Gasteiger partial charge is 0.111 e. The van der Waals surface area contributed by atoms with Crippen molar-refractivity contribution in [1.82, 2.24) is 5.32 Å². The first-order chi connectivity index (χ1) is 9.52. The van der Waals surface area contributed by atoms with Gasteiger partial charge < -0.3 is 25.7 Å². The largest absolute Gasteiger partial charge is 0.392 e. The molecule has 5 nitrogen and oxygen atoms in total. The molecule has 6 heteroatoms. The van der Waals surface area contributed by atoms with Crippen molar-refractivity contribution in [2.75, 3.05) is 6.61 Å². The van der Waals surface area contributed by atoms with Crippen molar-refractivity contribution in [3.8, 4) is 0 Å². The number of halogens is 1. The third-order valence-corrected chi connectivity index (χ3v) is 3.98. The lowest BCUT2D eigenvalue weighted by molar-refractivity contribution is -0.0643. The first-order valence-electron chi connectivity index (χ1n) is 6.36. The van der Waals surface area contributed by atoms with Gasteiger partial charge in [0.1, 0.15) is 18.3 Å². The summed E-state index contributed by atoms with van der Waals surface area (Å²) in [7, 11) is 0. The molecule has 0 bridgehead atoms. The Kier molecular flexibility index (Phi) is 5.31. The zero-order valence-electron chi connectivity index (χ0n) is 10.8. The van der Waals surface area contributed by atoms with Gasteiger partial charge in [0.2, 0.25) is 0 Å². The molecule has 0 aromatic heterocycles. The van der Waals surface area contributed by atoms with E-state index in [1.165, 1.54) is 0 Å². The summed E-state index contributed by atoms with van der Waals surface area (Å²) in [5.74, 6) is 0. The minimum Gasteiger partial charge on any atom is -0.392 e. The van der Waals surface area contributed by atoms with Gasteiger partial charge in [0.15, 0.2) is 0 Å². The topological polar surface area (TPSA) is 93.0 Å². The van der Waals surface area contributed by atoms with Crippen LogP contribution in [0, 0.1) is 0 Å². The minimum atomic E-state index is -1.30. The molecule has 0 spiro atoms. The molecule has 0 heterocycles. The van der Waals surface area contributed by atoms with Crippen molar-refractivity contribution >= 4 is 15.9 Å². The van der Waals surface area contributed by atoms with Crippen LogP contribution in [0.4, 0.5) is 0 Å². The Hall–Kier alpha value is -0.760. The highest BCUT2D eigenvalue weighted by atomic mass is 79.9. The van der Waals surface area contributed by atoms with Gasteiger partial charge in [-0.3, -0.25) is 0 Å². The average Bonchev–Trinajstić information content (AvgIpc) is 2.46. The Morgan fingerprint density at radius 3 is 2.30 bits per heavy atom. The van der Waals surface area contributed by atoms with Crippen LogP contribution >= 0.6 is 15.9 Å². The van der Waals surface area contributed by atoms with Crippen molar-refractivity contribution in [2.24, 2.45) is 0 Å². The predicted octanol–water partition coefficient (Wildman–Crippen LogP) is -0.0777. The summed E-state index contributed by atoms with van der Waals surface area (Å²) in [5, 5.41) is 41.6. The van der Waals surface area contributed by atoms with Crippen LogP contribution in [0.1, 0.15) is 5.56 Å². The van der Waals surface area contributed by atoms with E-state index in [4.69, 9.17) is 5.11 Å². The number of benzene rings is 1. The molecule has 1 aromatic carbocycles. The number of nitrogens with one attached hydrogen (secondary N) is 1. The normalized spacial score (nSPS) is 30.1. The molecule has 0 saturated heterocycles. The molecule has 2 rings (SSSR count). The van der Waals surface area contributed by atoms with Gasteiger partial charge in [-0.1, -0.05) is 34.1 Å². The monoisotopic (exact) mass is 343 g/mol. The minimum absolute atomic E-state index is 0.316. The summed E-state index contributed by atoms with van der Waals surface area (Å²) in [4.78, 5) is 0. The second kappa shape index (κ2) is 6.80. The van der Waals surface area contributed by atoms with Crippen molar-refractivity contribution in [3.63, 3.8) is 0 Å². The fourth-order valence-electron chi connectivity index (χ4n) is 2.21. The highest BCUT2D eigenvalue weighted by molar-refractivity contribution is 9.10. The van der Waals surface area contributed by atoms with Crippen LogP contribution in [0.15, 0.2) is 40.4 Å². The number of rotatable bonds is 4. The maximum absolute atomic E-state index is 9.94. The molecule has 110 valence electrons. The first kappa shape index (κ1) is 15.6. The Morgan fingerprint density at radius 1 is 1.05 bits per heavy atom. The zero-order valence-corrected chi connectivity index (χ0v) is 12.4. The molecule has 0 amide bonds. The van der Waals surface area contributed by atoms with Crippen LogP contribution in [-0.4, -0.2) is 51.4 Å². The van der Waals surface area contributed by atoms with Crippen molar-refractivity contribution < 1.29 is 20.4 Å². The van der Waals surface area contributed by atoms with E-state index in [9.17, 15) is 15.3 Å². The van der Waals surface area contributed by atoms with Crippen molar-refractivity contribution in [2.45, 2.75) is 30.9 Å². The molecule has 5 N–H and O–H groups in total. The Labute approximate surface area is 125 Å². The van der Waals surface area contributed by atoms with Gasteiger partial charge in [-0.15, -0.1) is 0 Å². The van der Waals surface area contributed by atoms with Gasteiger partial charge in [0.25, 0.3) is 0 Å². The van der Waals surface area contributed by atoms with E-state index in [0.717, 1.165) is 10.0 Å². The van der Waals surface area contributed by atoms with E-state index in [1.54, 1.807) is 6.08 Å². The zero-order chi connectivity index (χ0) is 14.7. The summed E-state index contributed by atoms with van der Waals surface area (Å²) in [6.07, 6.45) is -2.07. The molecular weight excluding hydrogens is 326 g/mol. The number of aliphatic hydroxyl groups excluding tert-OH is 4. The summed E-state index contributed by atoms with van der Waals surface area (Å²) in [6.45, 7) is 0.161. The quantitative estimate of drug-likeness (QED) is 0.493. The van der Waals surface area contributed by atoms with Gasteiger partial charge >= 0.3 is 0 Å². The second-order valence-electron chi connectivity index (χ2n) is 4.86. The predicted molar refractivity (Wildman–Crippen MR) is 78.0 cm³/mol. The van der Waals surface area contributed by atoms with Crippen molar-refractivity contribution in [1.29, 1.82) is 0 Å². The molecule has 4 atom stereocenters. The van der Waals surface area contributed by atoms with Crippen LogP contribution < -0.4 is 5.32 Å².